The van der Waals surface area contributed by atoms with E-state index in [9.17, 15) is 4.79 Å². The second-order valence-electron chi connectivity index (χ2n) is 7.42. The molecule has 4 aromatic rings. The van der Waals surface area contributed by atoms with Gasteiger partial charge in [-0.1, -0.05) is 45.2 Å². The number of rotatable bonds is 8. The second-order valence-corrected chi connectivity index (χ2v) is 10.9. The van der Waals surface area contributed by atoms with Gasteiger partial charge in [-0.25, -0.2) is 5.43 Å². The number of nitrogens with zero attached hydrogens (tertiary/aromatic N) is 1. The molecule has 6 nitrogen and oxygen atoms in total. The Morgan fingerprint density at radius 3 is 2.58 bits per heavy atom. The Labute approximate surface area is 242 Å². The van der Waals surface area contributed by atoms with Gasteiger partial charge < -0.3 is 13.9 Å². The third-order valence-electron chi connectivity index (χ3n) is 4.84. The van der Waals surface area contributed by atoms with Crippen molar-refractivity contribution in [3.63, 3.8) is 0 Å². The zero-order valence-electron chi connectivity index (χ0n) is 18.6. The van der Waals surface area contributed by atoms with Gasteiger partial charge in [0.1, 0.15) is 12.2 Å². The summed E-state index contributed by atoms with van der Waals surface area (Å²) in [6.07, 6.45) is 1.50. The molecule has 0 aliphatic rings. The van der Waals surface area contributed by atoms with E-state index in [1.807, 2.05) is 25.1 Å². The van der Waals surface area contributed by atoms with E-state index in [1.165, 1.54) is 6.21 Å². The molecule has 0 spiro atoms. The number of halogens is 5. The first-order valence-electron chi connectivity index (χ1n) is 10.5. The van der Waals surface area contributed by atoms with Crippen LogP contribution < -0.4 is 14.9 Å². The summed E-state index contributed by atoms with van der Waals surface area (Å²) in [6.45, 7) is 2.58. The summed E-state index contributed by atoms with van der Waals surface area (Å²) >= 11 is 22.5. The summed E-state index contributed by atoms with van der Waals surface area (Å²) in [4.78, 5) is 12.5. The largest absolute Gasteiger partial charge is 0.490 e. The van der Waals surface area contributed by atoms with E-state index in [4.69, 9.17) is 37.1 Å². The molecule has 0 unspecified atom stereocenters. The van der Waals surface area contributed by atoms with Crippen LogP contribution >= 0.6 is 71.0 Å². The van der Waals surface area contributed by atoms with Crippen LogP contribution in [-0.4, -0.2) is 18.7 Å². The first-order valence-corrected chi connectivity index (χ1v) is 13.6. The van der Waals surface area contributed by atoms with Crippen LogP contribution in [0.4, 0.5) is 0 Å². The van der Waals surface area contributed by atoms with E-state index in [0.717, 1.165) is 19.9 Å². The van der Waals surface area contributed by atoms with Gasteiger partial charge in [0.2, 0.25) is 0 Å². The normalized spacial score (nSPS) is 11.3. The number of ether oxygens (including phenoxy) is 2. The number of amides is 1. The van der Waals surface area contributed by atoms with Crippen molar-refractivity contribution in [2.45, 2.75) is 13.5 Å². The minimum atomic E-state index is -0.476. The van der Waals surface area contributed by atoms with Gasteiger partial charge in [-0.2, -0.15) is 5.10 Å². The number of carbonyl (C=O) groups excluding carboxylic acids is 1. The SMILES string of the molecule is CCOc1cc(/C=N\NC(=O)c2cc3cc(Br)cc(Br)c3o2)cc(Br)c1OCc1ccc(Cl)c(Cl)c1. The topological polar surface area (TPSA) is 73.1 Å². The van der Waals surface area contributed by atoms with Crippen molar-refractivity contribution >= 4 is 94.1 Å². The lowest BCUT2D eigenvalue weighted by molar-refractivity contribution is 0.0929. The lowest BCUT2D eigenvalue weighted by atomic mass is 10.2. The highest BCUT2D eigenvalue weighted by molar-refractivity contribution is 9.11. The molecule has 0 saturated heterocycles. The number of fused-ring (bicyclic) bond motifs is 1. The van der Waals surface area contributed by atoms with Crippen LogP contribution in [0.15, 0.2) is 71.5 Å². The van der Waals surface area contributed by atoms with Crippen LogP contribution in [-0.2, 0) is 6.61 Å². The minimum absolute atomic E-state index is 0.142. The van der Waals surface area contributed by atoms with Crippen LogP contribution in [0.5, 0.6) is 11.5 Å². The molecule has 0 saturated carbocycles. The molecule has 0 fully saturated rings. The Balaban J connectivity index is 1.48. The Kier molecular flexibility index (Phi) is 9.00. The molecule has 0 bridgehead atoms. The zero-order chi connectivity index (χ0) is 25.8. The van der Waals surface area contributed by atoms with Crippen molar-refractivity contribution in [3.05, 3.63) is 88.9 Å². The fourth-order valence-corrected chi connectivity index (χ4v) is 5.49. The molecule has 0 aliphatic heterocycles. The summed E-state index contributed by atoms with van der Waals surface area (Å²) in [5.74, 6) is 0.717. The summed E-state index contributed by atoms with van der Waals surface area (Å²) in [5.41, 5.74) is 4.60. The van der Waals surface area contributed by atoms with E-state index in [2.05, 4.69) is 58.3 Å². The van der Waals surface area contributed by atoms with E-state index in [-0.39, 0.29) is 12.4 Å². The number of nitrogens with one attached hydrogen (secondary N) is 1. The highest BCUT2D eigenvalue weighted by atomic mass is 79.9. The number of hydrazone groups is 1. The van der Waals surface area contributed by atoms with Crippen LogP contribution in [0.3, 0.4) is 0 Å². The van der Waals surface area contributed by atoms with Crippen molar-refractivity contribution < 1.29 is 18.7 Å². The smallest absolute Gasteiger partial charge is 0.307 e. The summed E-state index contributed by atoms with van der Waals surface area (Å²) in [6, 6.07) is 14.2. The number of carbonyl (C=O) groups is 1. The van der Waals surface area contributed by atoms with Gasteiger partial charge in [0.25, 0.3) is 0 Å². The Morgan fingerprint density at radius 1 is 1.03 bits per heavy atom. The molecule has 1 N–H and O–H groups in total. The van der Waals surface area contributed by atoms with Crippen molar-refractivity contribution in [1.29, 1.82) is 0 Å². The van der Waals surface area contributed by atoms with Crippen LogP contribution in [0.1, 0.15) is 28.6 Å². The van der Waals surface area contributed by atoms with Crippen LogP contribution in [0.25, 0.3) is 11.0 Å². The van der Waals surface area contributed by atoms with Gasteiger partial charge in [0, 0.05) is 9.86 Å². The van der Waals surface area contributed by atoms with E-state index < -0.39 is 5.91 Å². The van der Waals surface area contributed by atoms with Gasteiger partial charge in [-0.3, -0.25) is 4.79 Å². The molecule has 11 heteroatoms. The van der Waals surface area contributed by atoms with Gasteiger partial charge in [-0.15, -0.1) is 0 Å². The molecular weight excluding hydrogens is 703 g/mol. The molecule has 0 radical (unpaired) electrons. The quantitative estimate of drug-likeness (QED) is 0.146. The molecular formula is C25H17Br3Cl2N2O4. The van der Waals surface area contributed by atoms with Crippen LogP contribution in [0.2, 0.25) is 10.0 Å². The highest BCUT2D eigenvalue weighted by Crippen LogP contribution is 2.37. The molecule has 1 heterocycles. The number of hydrogen-bond donors (Lipinski definition) is 1. The molecule has 4 rings (SSSR count). The maximum Gasteiger partial charge on any atom is 0.307 e. The first-order chi connectivity index (χ1) is 17.2. The lowest BCUT2D eigenvalue weighted by Crippen LogP contribution is -2.16. The average molecular weight is 720 g/mol. The molecule has 36 heavy (non-hydrogen) atoms. The summed E-state index contributed by atoms with van der Waals surface area (Å²) in [7, 11) is 0. The highest BCUT2D eigenvalue weighted by Gasteiger charge is 2.15. The number of furan rings is 1. The van der Waals surface area contributed by atoms with Gasteiger partial charge in [0.15, 0.2) is 17.3 Å². The van der Waals surface area contributed by atoms with Crippen molar-refractivity contribution in [2.24, 2.45) is 5.10 Å². The van der Waals surface area contributed by atoms with E-state index in [0.29, 0.717) is 43.8 Å². The number of hydrogen-bond acceptors (Lipinski definition) is 5. The van der Waals surface area contributed by atoms with E-state index in [1.54, 1.807) is 30.3 Å². The predicted octanol–water partition coefficient (Wildman–Crippen LogP) is 8.77. The standard InChI is InChI=1S/C25H17Br3Cl2N2O4/c1-2-34-21-7-14(5-17(27)24(21)35-12-13-3-4-19(29)20(30)6-13)11-31-32-25(33)22-9-15-8-16(26)10-18(28)23(15)36-22/h3-11H,2,12H2,1H3,(H,32,33)/b31-11-. The molecule has 0 aliphatic carbocycles. The Morgan fingerprint density at radius 2 is 1.83 bits per heavy atom. The van der Waals surface area contributed by atoms with Gasteiger partial charge >= 0.3 is 5.91 Å². The fraction of sp³-hybridized carbons (Fsp3) is 0.120. The zero-order valence-corrected chi connectivity index (χ0v) is 24.9. The number of benzene rings is 3. The van der Waals surface area contributed by atoms with Crippen molar-refractivity contribution in [2.75, 3.05) is 6.61 Å². The minimum Gasteiger partial charge on any atom is -0.490 e. The van der Waals surface area contributed by atoms with Crippen molar-refractivity contribution in [1.82, 2.24) is 5.43 Å². The molecule has 186 valence electrons. The molecule has 1 amide bonds. The first kappa shape index (κ1) is 27.0. The maximum absolute atomic E-state index is 12.5. The lowest BCUT2D eigenvalue weighted by Gasteiger charge is -2.15. The second kappa shape index (κ2) is 12.0. The van der Waals surface area contributed by atoms with E-state index >= 15 is 0 Å². The monoisotopic (exact) mass is 716 g/mol. The Hall–Kier alpha value is -2.04. The molecule has 3 aromatic carbocycles. The Bertz CT molecular complexity index is 1470. The van der Waals surface area contributed by atoms with Crippen LogP contribution in [0, 0.1) is 0 Å². The van der Waals surface area contributed by atoms with Gasteiger partial charge in [-0.05, 0) is 92.4 Å². The maximum atomic E-state index is 12.5. The summed E-state index contributed by atoms with van der Waals surface area (Å²) < 4.78 is 19.7. The fourth-order valence-electron chi connectivity index (χ4n) is 3.26. The molecule has 0 atom stereocenters. The third kappa shape index (κ3) is 6.44. The predicted molar refractivity (Wildman–Crippen MR) is 153 cm³/mol. The molecule has 1 aromatic heterocycles. The summed E-state index contributed by atoms with van der Waals surface area (Å²) in [5, 5.41) is 5.78. The average Bonchev–Trinajstić information content (AvgIpc) is 3.25. The van der Waals surface area contributed by atoms with Gasteiger partial charge in [0.05, 0.1) is 31.8 Å². The third-order valence-corrected chi connectivity index (χ3v) is 7.21. The van der Waals surface area contributed by atoms with Crippen molar-refractivity contribution in [3.8, 4) is 11.5 Å².